The van der Waals surface area contributed by atoms with Crippen LogP contribution in [-0.4, -0.2) is 49.3 Å². The molecule has 0 saturated carbocycles. The monoisotopic (exact) mass is 619 g/mol. The number of esters is 2. The van der Waals surface area contributed by atoms with Crippen molar-refractivity contribution in [1.82, 2.24) is 0 Å². The molecule has 0 spiro atoms. The third kappa shape index (κ3) is 28.9. The zero-order valence-electron chi connectivity index (χ0n) is 26.7. The molecule has 10 heteroatoms. The second kappa shape index (κ2) is 29.8. The maximum absolute atomic E-state index is 12.4. The average Bonchev–Trinajstić information content (AvgIpc) is 2.97. The first-order valence-electron chi connectivity index (χ1n) is 16.7. The highest BCUT2D eigenvalue weighted by molar-refractivity contribution is 7.47. The van der Waals surface area contributed by atoms with Crippen molar-refractivity contribution in [2.24, 2.45) is 5.73 Å². The zero-order valence-corrected chi connectivity index (χ0v) is 27.6. The molecule has 248 valence electrons. The number of ether oxygens (including phenoxy) is 2. The van der Waals surface area contributed by atoms with Crippen LogP contribution in [0.4, 0.5) is 0 Å². The lowest BCUT2D eigenvalue weighted by Crippen LogP contribution is -2.29. The summed E-state index contributed by atoms with van der Waals surface area (Å²) in [4.78, 5) is 34.4. The highest BCUT2D eigenvalue weighted by atomic mass is 31.2. The van der Waals surface area contributed by atoms with Gasteiger partial charge in [-0.1, -0.05) is 109 Å². The first kappa shape index (κ1) is 40.8. The molecule has 0 amide bonds. The molecule has 9 nitrogen and oxygen atoms in total. The third-order valence-corrected chi connectivity index (χ3v) is 7.89. The second-order valence-electron chi connectivity index (χ2n) is 11.0. The van der Waals surface area contributed by atoms with Crippen molar-refractivity contribution in [1.29, 1.82) is 0 Å². The average molecular weight is 620 g/mol. The van der Waals surface area contributed by atoms with Crippen molar-refractivity contribution in [2.75, 3.05) is 26.4 Å². The quantitative estimate of drug-likeness (QED) is 0.0340. The summed E-state index contributed by atoms with van der Waals surface area (Å²) >= 11 is 0. The minimum Gasteiger partial charge on any atom is -0.462 e. The van der Waals surface area contributed by atoms with E-state index >= 15 is 0 Å². The fraction of sp³-hybridized carbons (Fsp3) is 0.875. The van der Waals surface area contributed by atoms with E-state index in [0.717, 1.165) is 57.8 Å². The number of carbonyl (C=O) groups is 2. The summed E-state index contributed by atoms with van der Waals surface area (Å²) in [7, 11) is -4.36. The predicted molar refractivity (Wildman–Crippen MR) is 169 cm³/mol. The molecule has 3 N–H and O–H groups in total. The van der Waals surface area contributed by atoms with Crippen LogP contribution in [0, 0.1) is 0 Å². The lowest BCUT2D eigenvalue weighted by Gasteiger charge is -2.19. The van der Waals surface area contributed by atoms with Gasteiger partial charge in [-0.15, -0.1) is 0 Å². The van der Waals surface area contributed by atoms with E-state index in [1.165, 1.54) is 57.8 Å². The van der Waals surface area contributed by atoms with Crippen LogP contribution in [0.2, 0.25) is 0 Å². The molecular weight excluding hydrogens is 557 g/mol. The summed E-state index contributed by atoms with van der Waals surface area (Å²) in [5, 5.41) is 0. The Labute approximate surface area is 256 Å². The maximum Gasteiger partial charge on any atom is 0.472 e. The summed E-state index contributed by atoms with van der Waals surface area (Å²) in [6.45, 7) is 3.65. The van der Waals surface area contributed by atoms with Crippen LogP contribution >= 0.6 is 7.82 Å². The van der Waals surface area contributed by atoms with Crippen molar-refractivity contribution in [3.8, 4) is 0 Å². The van der Waals surface area contributed by atoms with Gasteiger partial charge in [-0.25, -0.2) is 4.57 Å². The van der Waals surface area contributed by atoms with Crippen molar-refractivity contribution in [3.63, 3.8) is 0 Å². The molecule has 42 heavy (non-hydrogen) atoms. The van der Waals surface area contributed by atoms with Gasteiger partial charge in [0, 0.05) is 19.4 Å². The van der Waals surface area contributed by atoms with Gasteiger partial charge < -0.3 is 20.1 Å². The van der Waals surface area contributed by atoms with Crippen LogP contribution in [-0.2, 0) is 32.7 Å². The van der Waals surface area contributed by atoms with Crippen LogP contribution < -0.4 is 5.73 Å². The first-order valence-corrected chi connectivity index (χ1v) is 18.2. The number of phosphoric acid groups is 1. The molecule has 0 radical (unpaired) electrons. The summed E-state index contributed by atoms with van der Waals surface area (Å²) in [6, 6.07) is 0. The van der Waals surface area contributed by atoms with Gasteiger partial charge >= 0.3 is 19.8 Å². The lowest BCUT2D eigenvalue weighted by molar-refractivity contribution is -0.161. The normalized spacial score (nSPS) is 13.7. The fourth-order valence-electron chi connectivity index (χ4n) is 4.39. The van der Waals surface area contributed by atoms with Crippen LogP contribution in [0.25, 0.3) is 0 Å². The van der Waals surface area contributed by atoms with E-state index in [0.29, 0.717) is 6.42 Å². The molecule has 1 unspecified atom stereocenters. The Morgan fingerprint density at radius 2 is 1.17 bits per heavy atom. The maximum atomic E-state index is 12.4. The molecule has 0 heterocycles. The van der Waals surface area contributed by atoms with Crippen LogP contribution in [0.5, 0.6) is 0 Å². The molecule has 0 aromatic rings. The van der Waals surface area contributed by atoms with Crippen molar-refractivity contribution >= 4 is 19.8 Å². The van der Waals surface area contributed by atoms with Crippen LogP contribution in [0.3, 0.4) is 0 Å². The van der Waals surface area contributed by atoms with E-state index in [-0.39, 0.29) is 32.6 Å². The van der Waals surface area contributed by atoms with Gasteiger partial charge in [0.1, 0.15) is 6.61 Å². The Kier molecular flexibility index (Phi) is 28.9. The smallest absolute Gasteiger partial charge is 0.462 e. The van der Waals surface area contributed by atoms with E-state index in [1.54, 1.807) is 0 Å². The predicted octanol–water partition coefficient (Wildman–Crippen LogP) is 8.32. The number of unbranched alkanes of at least 4 members (excludes halogenated alkanes) is 16. The highest BCUT2D eigenvalue weighted by Crippen LogP contribution is 2.43. The topological polar surface area (TPSA) is 134 Å². The number of rotatable bonds is 31. The molecule has 0 aromatic carbocycles. The van der Waals surface area contributed by atoms with E-state index in [9.17, 15) is 19.0 Å². The first-order chi connectivity index (χ1) is 20.3. The summed E-state index contributed by atoms with van der Waals surface area (Å²) in [6.07, 6.45) is 25.3. The summed E-state index contributed by atoms with van der Waals surface area (Å²) < 4.78 is 32.4. The van der Waals surface area contributed by atoms with Gasteiger partial charge in [-0.05, 0) is 38.5 Å². The molecule has 0 aliphatic rings. The van der Waals surface area contributed by atoms with Gasteiger partial charge in [-0.3, -0.25) is 18.6 Å². The summed E-state index contributed by atoms with van der Waals surface area (Å²) in [5.41, 5.74) is 5.30. The molecule has 0 fully saturated rings. The van der Waals surface area contributed by atoms with Gasteiger partial charge in [-0.2, -0.15) is 0 Å². The summed E-state index contributed by atoms with van der Waals surface area (Å²) in [5.74, 6) is -0.842. The van der Waals surface area contributed by atoms with Gasteiger partial charge in [0.05, 0.1) is 13.2 Å². The van der Waals surface area contributed by atoms with Crippen molar-refractivity contribution in [3.05, 3.63) is 12.2 Å². The molecule has 0 aromatic heterocycles. The number of allylic oxidation sites excluding steroid dienone is 2. The molecule has 2 atom stereocenters. The van der Waals surface area contributed by atoms with E-state index in [2.05, 4.69) is 26.0 Å². The zero-order chi connectivity index (χ0) is 31.2. The minimum atomic E-state index is -4.36. The number of hydrogen-bond donors (Lipinski definition) is 2. The molecule has 0 aliphatic carbocycles. The standard InChI is InChI=1S/C32H62NO8P/c1-3-5-7-9-11-13-14-15-17-18-20-22-24-31(34)38-28-30(29-40-42(36,37)39-27-26-33)41-32(35)25-23-21-19-16-12-10-8-6-4-2/h11,13,30H,3-10,12,14-29,33H2,1-2H3,(H,36,37)/b13-11+/t30-/m1/s1. The lowest BCUT2D eigenvalue weighted by atomic mass is 10.1. The largest absolute Gasteiger partial charge is 0.472 e. The van der Waals surface area contributed by atoms with Gasteiger partial charge in [0.2, 0.25) is 0 Å². The molecular formula is C32H62NO8P. The molecule has 0 bridgehead atoms. The van der Waals surface area contributed by atoms with E-state index in [4.69, 9.17) is 24.3 Å². The fourth-order valence-corrected chi connectivity index (χ4v) is 5.16. The Balaban J connectivity index is 4.29. The van der Waals surface area contributed by atoms with Gasteiger partial charge in [0.15, 0.2) is 6.10 Å². The number of nitrogens with two attached hydrogens (primary N) is 1. The van der Waals surface area contributed by atoms with Crippen LogP contribution in [0.15, 0.2) is 12.2 Å². The SMILES string of the molecule is CCCCC/C=C/CCCCCCCC(=O)OC[C@H](COP(=O)(O)OCCN)OC(=O)CCCCCCCCCCC. The Bertz CT molecular complexity index is 719. The minimum absolute atomic E-state index is 0.0544. The molecule has 0 saturated heterocycles. The molecule has 0 aliphatic heterocycles. The van der Waals surface area contributed by atoms with E-state index < -0.39 is 32.5 Å². The Hall–Kier alpha value is -1.25. The molecule has 0 rings (SSSR count). The van der Waals surface area contributed by atoms with E-state index in [1.807, 2.05) is 0 Å². The third-order valence-electron chi connectivity index (χ3n) is 6.90. The Morgan fingerprint density at radius 3 is 1.74 bits per heavy atom. The highest BCUT2D eigenvalue weighted by Gasteiger charge is 2.25. The van der Waals surface area contributed by atoms with Crippen LogP contribution in [0.1, 0.15) is 149 Å². The number of phosphoric ester groups is 1. The van der Waals surface area contributed by atoms with Crippen molar-refractivity contribution in [2.45, 2.75) is 155 Å². The van der Waals surface area contributed by atoms with Crippen molar-refractivity contribution < 1.29 is 37.6 Å². The number of carbonyl (C=O) groups excluding carboxylic acids is 2. The second-order valence-corrected chi connectivity index (χ2v) is 12.5. The number of hydrogen-bond acceptors (Lipinski definition) is 8. The van der Waals surface area contributed by atoms with Gasteiger partial charge in [0.25, 0.3) is 0 Å². The Morgan fingerprint density at radius 1 is 0.690 bits per heavy atom.